The molecular weight excluding hydrogens is 464 g/mol. The smallest absolute Gasteiger partial charge is 0.262 e. The molecule has 1 aromatic heterocycles. The molecule has 1 aliphatic rings. The fraction of sp³-hybridized carbons (Fsp3) is 0.250. The summed E-state index contributed by atoms with van der Waals surface area (Å²) in [5.41, 5.74) is 3.25. The third-order valence-corrected chi connectivity index (χ3v) is 6.87. The molecule has 2 heterocycles. The zero-order valence-corrected chi connectivity index (χ0v) is 19.6. The highest BCUT2D eigenvalue weighted by Gasteiger charge is 2.19. The van der Waals surface area contributed by atoms with Gasteiger partial charge in [0.05, 0.1) is 17.4 Å². The fourth-order valence-corrected chi connectivity index (χ4v) is 4.79. The summed E-state index contributed by atoms with van der Waals surface area (Å²) in [6.07, 6.45) is 2.75. The van der Waals surface area contributed by atoms with Crippen LogP contribution in [-0.2, 0) is 15.6 Å². The second kappa shape index (κ2) is 10.2. The van der Waals surface area contributed by atoms with Crippen LogP contribution in [0, 0.1) is 6.92 Å². The third-order valence-electron chi connectivity index (χ3n) is 5.36. The molecule has 1 saturated heterocycles. The van der Waals surface area contributed by atoms with Crippen molar-refractivity contribution >= 4 is 45.5 Å². The number of rotatable bonds is 7. The minimum Gasteiger partial charge on any atom is -0.483 e. The Morgan fingerprint density at radius 3 is 2.64 bits per heavy atom. The van der Waals surface area contributed by atoms with Crippen molar-refractivity contribution in [3.05, 3.63) is 76.7 Å². The van der Waals surface area contributed by atoms with E-state index >= 15 is 0 Å². The lowest BCUT2D eigenvalue weighted by Gasteiger charge is -2.29. The lowest BCUT2D eigenvalue weighted by Crippen LogP contribution is -2.37. The molecule has 0 atom stereocenters. The van der Waals surface area contributed by atoms with Crippen LogP contribution in [0.15, 0.2) is 59.4 Å². The summed E-state index contributed by atoms with van der Waals surface area (Å²) in [6, 6.07) is 12.0. The first kappa shape index (κ1) is 23.1. The lowest BCUT2D eigenvalue weighted by molar-refractivity contribution is -0.118. The van der Waals surface area contributed by atoms with Gasteiger partial charge in [-0.1, -0.05) is 11.6 Å². The Morgan fingerprint density at radius 2 is 1.94 bits per heavy atom. The summed E-state index contributed by atoms with van der Waals surface area (Å²) < 4.78 is 22.2. The molecule has 4 rings (SSSR count). The first-order valence-electron chi connectivity index (χ1n) is 10.4. The van der Waals surface area contributed by atoms with E-state index in [9.17, 15) is 13.8 Å². The van der Waals surface area contributed by atoms with Gasteiger partial charge in [-0.2, -0.15) is 0 Å². The van der Waals surface area contributed by atoms with E-state index in [1.165, 1.54) is 18.6 Å². The van der Waals surface area contributed by atoms with Crippen molar-refractivity contribution in [2.75, 3.05) is 41.4 Å². The second-order valence-electron chi connectivity index (χ2n) is 7.65. The van der Waals surface area contributed by atoms with Gasteiger partial charge in [0, 0.05) is 51.8 Å². The molecule has 1 aliphatic heterocycles. The van der Waals surface area contributed by atoms with Crippen LogP contribution in [0.2, 0.25) is 5.02 Å². The van der Waals surface area contributed by atoms with Crippen molar-refractivity contribution in [2.45, 2.75) is 6.92 Å². The normalized spacial score (nSPS) is 14.2. The summed E-state index contributed by atoms with van der Waals surface area (Å²) in [5, 5.41) is 3.23. The van der Waals surface area contributed by atoms with Crippen LogP contribution in [0.25, 0.3) is 0 Å². The Labute approximate surface area is 199 Å². The number of anilines is 2. The van der Waals surface area contributed by atoms with Gasteiger partial charge in [-0.05, 0) is 55.0 Å². The number of halogens is 1. The molecule has 0 aliphatic carbocycles. The summed E-state index contributed by atoms with van der Waals surface area (Å²) in [7, 11) is -0.731. The summed E-state index contributed by atoms with van der Waals surface area (Å²) >= 11 is 6.06. The van der Waals surface area contributed by atoms with E-state index in [-0.39, 0.29) is 29.6 Å². The predicted molar refractivity (Wildman–Crippen MR) is 129 cm³/mol. The highest BCUT2D eigenvalue weighted by Crippen LogP contribution is 2.27. The average Bonchev–Trinajstić information content (AvgIpc) is 3.34. The molecule has 2 aromatic carbocycles. The van der Waals surface area contributed by atoms with Gasteiger partial charge in [0.1, 0.15) is 12.0 Å². The Bertz CT molecular complexity index is 1190. The SMILES string of the molecule is Cc1cc(N2CCS(=O)CC2)ccc1NC(=O)COc1ccc(Cl)cc1C(=O)c1ccoc1. The maximum Gasteiger partial charge on any atom is 0.262 e. The number of hydrogen-bond donors (Lipinski definition) is 1. The van der Waals surface area contributed by atoms with E-state index in [0.29, 0.717) is 27.8 Å². The van der Waals surface area contributed by atoms with Crippen LogP contribution >= 0.6 is 11.6 Å². The van der Waals surface area contributed by atoms with Gasteiger partial charge in [-0.3, -0.25) is 13.8 Å². The third kappa shape index (κ3) is 5.64. The van der Waals surface area contributed by atoms with Gasteiger partial charge in [0.25, 0.3) is 5.91 Å². The predicted octanol–water partition coefficient (Wildman–Crippen LogP) is 4.06. The topological polar surface area (TPSA) is 88.9 Å². The number of benzene rings is 2. The number of ether oxygens (including phenoxy) is 1. The molecule has 172 valence electrons. The van der Waals surface area contributed by atoms with Crippen LogP contribution in [0.5, 0.6) is 5.75 Å². The van der Waals surface area contributed by atoms with Crippen LogP contribution in [0.1, 0.15) is 21.5 Å². The quantitative estimate of drug-likeness (QED) is 0.507. The molecule has 1 fully saturated rings. The molecule has 0 spiro atoms. The molecule has 0 radical (unpaired) electrons. The van der Waals surface area contributed by atoms with Gasteiger partial charge in [-0.15, -0.1) is 0 Å². The monoisotopic (exact) mass is 486 g/mol. The number of aryl methyl sites for hydroxylation is 1. The number of carbonyl (C=O) groups excluding carboxylic acids is 2. The van der Waals surface area contributed by atoms with Crippen LogP contribution in [0.3, 0.4) is 0 Å². The van der Waals surface area contributed by atoms with E-state index in [1.54, 1.807) is 18.2 Å². The average molecular weight is 487 g/mol. The molecule has 1 N–H and O–H groups in total. The lowest BCUT2D eigenvalue weighted by atomic mass is 10.1. The first-order valence-corrected chi connectivity index (χ1v) is 12.3. The van der Waals surface area contributed by atoms with Crippen molar-refractivity contribution in [3.63, 3.8) is 0 Å². The number of ketones is 1. The first-order chi connectivity index (χ1) is 15.9. The summed E-state index contributed by atoms with van der Waals surface area (Å²) in [4.78, 5) is 27.4. The number of hydrogen-bond acceptors (Lipinski definition) is 6. The van der Waals surface area contributed by atoms with Gasteiger partial charge in [0.2, 0.25) is 0 Å². The van der Waals surface area contributed by atoms with Crippen molar-refractivity contribution in [2.24, 2.45) is 0 Å². The van der Waals surface area contributed by atoms with E-state index < -0.39 is 10.8 Å². The number of carbonyl (C=O) groups is 2. The van der Waals surface area contributed by atoms with Gasteiger partial charge in [-0.25, -0.2) is 0 Å². The van der Waals surface area contributed by atoms with Gasteiger partial charge < -0.3 is 19.4 Å². The number of amides is 1. The minimum atomic E-state index is -0.731. The summed E-state index contributed by atoms with van der Waals surface area (Å²) in [6.45, 7) is 3.16. The molecule has 0 unspecified atom stereocenters. The maximum atomic E-state index is 12.7. The zero-order chi connectivity index (χ0) is 23.4. The number of furan rings is 1. The zero-order valence-electron chi connectivity index (χ0n) is 18.0. The molecular formula is C24H23ClN2O5S. The highest BCUT2D eigenvalue weighted by atomic mass is 35.5. The molecule has 3 aromatic rings. The van der Waals surface area contributed by atoms with Crippen molar-refractivity contribution in [1.29, 1.82) is 0 Å². The van der Waals surface area contributed by atoms with E-state index in [2.05, 4.69) is 10.2 Å². The van der Waals surface area contributed by atoms with Crippen LogP contribution in [-0.4, -0.2) is 47.1 Å². The Kier molecular flexibility index (Phi) is 7.15. The maximum absolute atomic E-state index is 12.7. The van der Waals surface area contributed by atoms with E-state index in [4.69, 9.17) is 20.8 Å². The Morgan fingerprint density at radius 1 is 1.15 bits per heavy atom. The Hall–Kier alpha value is -3.10. The molecule has 7 nitrogen and oxygen atoms in total. The van der Waals surface area contributed by atoms with Crippen molar-refractivity contribution < 1.29 is 23.0 Å². The van der Waals surface area contributed by atoms with Crippen LogP contribution in [0.4, 0.5) is 11.4 Å². The molecule has 0 saturated carbocycles. The minimum absolute atomic E-state index is 0.250. The van der Waals surface area contributed by atoms with Crippen LogP contribution < -0.4 is 15.0 Å². The summed E-state index contributed by atoms with van der Waals surface area (Å²) in [5.74, 6) is 0.941. The molecule has 0 bridgehead atoms. The van der Waals surface area contributed by atoms with Gasteiger partial charge in [0.15, 0.2) is 12.4 Å². The molecule has 33 heavy (non-hydrogen) atoms. The van der Waals surface area contributed by atoms with E-state index in [0.717, 1.165) is 24.3 Å². The molecule has 1 amide bonds. The van der Waals surface area contributed by atoms with Crippen molar-refractivity contribution in [3.8, 4) is 5.75 Å². The molecule has 9 heteroatoms. The highest BCUT2D eigenvalue weighted by molar-refractivity contribution is 7.85. The van der Waals surface area contributed by atoms with Crippen molar-refractivity contribution in [1.82, 2.24) is 0 Å². The standard InChI is InChI=1S/C24H23ClN2O5S/c1-16-12-19(27-7-10-33(30)11-8-27)3-4-21(16)26-23(28)15-32-22-5-2-18(25)13-20(22)24(29)17-6-9-31-14-17/h2-6,9,12-14H,7-8,10-11,15H2,1H3,(H,26,28). The fourth-order valence-electron chi connectivity index (χ4n) is 3.57. The number of nitrogens with one attached hydrogen (secondary N) is 1. The second-order valence-corrected chi connectivity index (χ2v) is 9.79. The largest absolute Gasteiger partial charge is 0.483 e. The Balaban J connectivity index is 1.40. The van der Waals surface area contributed by atoms with E-state index in [1.807, 2.05) is 25.1 Å². The number of nitrogens with zero attached hydrogens (tertiary/aromatic N) is 1. The van der Waals surface area contributed by atoms with Gasteiger partial charge >= 0.3 is 0 Å².